The number of amides is 2. The maximum atomic E-state index is 12.6. The van der Waals surface area contributed by atoms with Crippen molar-refractivity contribution in [2.45, 2.75) is 37.8 Å². The lowest BCUT2D eigenvalue weighted by atomic mass is 10.0. The van der Waals surface area contributed by atoms with E-state index in [9.17, 15) is 19.2 Å². The first-order valence-electron chi connectivity index (χ1n) is 8.51. The molecule has 2 aliphatic rings. The molecule has 0 bridgehead atoms. The maximum Gasteiger partial charge on any atom is 0.510 e. The largest absolute Gasteiger partial charge is 0.510 e. The van der Waals surface area contributed by atoms with Crippen molar-refractivity contribution in [3.05, 3.63) is 35.4 Å². The standard InChI is InChI=1S/C17H19N3O8/c18-8-11-4-2-1-3-10(11)7-13(21)19-12-9-26-20(15(12)23)17(28-16(24)25)6-5-14(22)27-17/h1-4,12H,5-9,18H2,(H,19,21)(H,24,25)/t12-,17?/m0/s1. The highest BCUT2D eigenvalue weighted by molar-refractivity contribution is 5.89. The highest BCUT2D eigenvalue weighted by Crippen LogP contribution is 2.34. The van der Waals surface area contributed by atoms with Gasteiger partial charge in [0, 0.05) is 6.54 Å². The molecule has 0 saturated carbocycles. The van der Waals surface area contributed by atoms with E-state index in [1.54, 1.807) is 24.3 Å². The van der Waals surface area contributed by atoms with Crippen molar-refractivity contribution in [2.24, 2.45) is 5.73 Å². The van der Waals surface area contributed by atoms with Gasteiger partial charge in [0.25, 0.3) is 5.91 Å². The lowest BCUT2D eigenvalue weighted by Gasteiger charge is -2.32. The van der Waals surface area contributed by atoms with Gasteiger partial charge < -0.3 is 25.6 Å². The van der Waals surface area contributed by atoms with Crippen LogP contribution in [0.2, 0.25) is 0 Å². The average molecular weight is 393 g/mol. The van der Waals surface area contributed by atoms with Crippen molar-refractivity contribution in [2.75, 3.05) is 6.61 Å². The monoisotopic (exact) mass is 393 g/mol. The summed E-state index contributed by atoms with van der Waals surface area (Å²) >= 11 is 0. The molecule has 2 saturated heterocycles. The number of cyclic esters (lactones) is 1. The number of esters is 1. The summed E-state index contributed by atoms with van der Waals surface area (Å²) in [6.07, 6.45) is -2.10. The fourth-order valence-electron chi connectivity index (χ4n) is 3.08. The Morgan fingerprint density at radius 1 is 1.32 bits per heavy atom. The molecule has 2 aliphatic heterocycles. The van der Waals surface area contributed by atoms with Gasteiger partial charge in [-0.2, -0.15) is 0 Å². The van der Waals surface area contributed by atoms with E-state index in [0.29, 0.717) is 5.06 Å². The molecule has 0 aromatic heterocycles. The Balaban J connectivity index is 1.67. The van der Waals surface area contributed by atoms with Crippen LogP contribution >= 0.6 is 0 Å². The SMILES string of the molecule is NCc1ccccc1CC(=O)N[C@H]1CON(C2(OC(=O)O)CCC(=O)O2)C1=O. The Morgan fingerprint density at radius 2 is 2.04 bits per heavy atom. The fourth-order valence-corrected chi connectivity index (χ4v) is 3.08. The predicted octanol–water partition coefficient (Wildman–Crippen LogP) is -0.368. The molecule has 150 valence electrons. The lowest BCUT2D eigenvalue weighted by molar-refractivity contribution is -0.337. The van der Waals surface area contributed by atoms with Gasteiger partial charge in [0.2, 0.25) is 5.91 Å². The zero-order valence-electron chi connectivity index (χ0n) is 14.8. The molecular formula is C17H19N3O8. The van der Waals surface area contributed by atoms with Crippen LogP contribution < -0.4 is 11.1 Å². The molecule has 2 atom stereocenters. The number of hydroxylamine groups is 2. The number of benzene rings is 1. The summed E-state index contributed by atoms with van der Waals surface area (Å²) in [4.78, 5) is 52.5. The Morgan fingerprint density at radius 3 is 2.64 bits per heavy atom. The van der Waals surface area contributed by atoms with E-state index < -0.39 is 35.9 Å². The smallest absolute Gasteiger partial charge is 0.450 e. The van der Waals surface area contributed by atoms with Crippen LogP contribution in [-0.4, -0.2) is 52.7 Å². The summed E-state index contributed by atoms with van der Waals surface area (Å²) in [5.74, 6) is -4.15. The summed E-state index contributed by atoms with van der Waals surface area (Å²) < 4.78 is 9.53. The second-order valence-electron chi connectivity index (χ2n) is 6.25. The third-order valence-electron chi connectivity index (χ3n) is 4.37. The van der Waals surface area contributed by atoms with E-state index in [1.165, 1.54) is 0 Å². The number of hydrogen-bond donors (Lipinski definition) is 3. The van der Waals surface area contributed by atoms with Gasteiger partial charge in [-0.25, -0.2) is 4.79 Å². The van der Waals surface area contributed by atoms with Gasteiger partial charge in [-0.05, 0) is 11.1 Å². The van der Waals surface area contributed by atoms with E-state index >= 15 is 0 Å². The molecule has 0 aliphatic carbocycles. The van der Waals surface area contributed by atoms with Crippen molar-refractivity contribution in [1.29, 1.82) is 0 Å². The molecule has 2 heterocycles. The molecule has 1 aromatic rings. The summed E-state index contributed by atoms with van der Waals surface area (Å²) in [6.45, 7) is 0.00844. The van der Waals surface area contributed by atoms with Gasteiger partial charge >= 0.3 is 18.0 Å². The number of hydrogen-bond acceptors (Lipinski definition) is 8. The van der Waals surface area contributed by atoms with Gasteiger partial charge in [-0.3, -0.25) is 19.2 Å². The van der Waals surface area contributed by atoms with Crippen molar-refractivity contribution < 1.29 is 38.6 Å². The summed E-state index contributed by atoms with van der Waals surface area (Å²) in [7, 11) is 0. The molecule has 0 radical (unpaired) electrons. The van der Waals surface area contributed by atoms with Gasteiger partial charge in [0.05, 0.1) is 19.3 Å². The number of carbonyl (C=O) groups excluding carboxylic acids is 3. The molecule has 4 N–H and O–H groups in total. The van der Waals surface area contributed by atoms with E-state index in [1.807, 2.05) is 0 Å². The fraction of sp³-hybridized carbons (Fsp3) is 0.412. The van der Waals surface area contributed by atoms with Gasteiger partial charge in [-0.15, -0.1) is 5.06 Å². The summed E-state index contributed by atoms with van der Waals surface area (Å²) in [5, 5.41) is 12.0. The average Bonchev–Trinajstić information content (AvgIpc) is 3.19. The second-order valence-corrected chi connectivity index (χ2v) is 6.25. The van der Waals surface area contributed by atoms with Crippen LogP contribution in [0.3, 0.4) is 0 Å². The van der Waals surface area contributed by atoms with Crippen molar-refractivity contribution >= 4 is 23.9 Å². The first kappa shape index (κ1) is 19.6. The molecule has 11 nitrogen and oxygen atoms in total. The summed E-state index contributed by atoms with van der Waals surface area (Å²) in [5.41, 5.74) is 7.18. The minimum absolute atomic E-state index is 0.00288. The summed E-state index contributed by atoms with van der Waals surface area (Å²) in [6, 6.07) is 6.06. The third kappa shape index (κ3) is 3.89. The van der Waals surface area contributed by atoms with Crippen LogP contribution in [0.4, 0.5) is 4.79 Å². The van der Waals surface area contributed by atoms with Crippen LogP contribution in [0.25, 0.3) is 0 Å². The number of nitrogens with one attached hydrogen (secondary N) is 1. The quantitative estimate of drug-likeness (QED) is 0.548. The van der Waals surface area contributed by atoms with E-state index in [2.05, 4.69) is 10.1 Å². The molecule has 2 fully saturated rings. The topological polar surface area (TPSA) is 157 Å². The molecule has 11 heteroatoms. The molecule has 1 unspecified atom stereocenters. The second kappa shape index (κ2) is 7.82. The van der Waals surface area contributed by atoms with E-state index in [-0.39, 0.29) is 32.4 Å². The number of carbonyl (C=O) groups is 4. The van der Waals surface area contributed by atoms with Crippen LogP contribution in [0.15, 0.2) is 24.3 Å². The Labute approximate surface area is 159 Å². The molecular weight excluding hydrogens is 374 g/mol. The molecule has 3 rings (SSSR count). The van der Waals surface area contributed by atoms with Crippen LogP contribution in [0.5, 0.6) is 0 Å². The number of carboxylic acid groups (broad SMARTS) is 1. The third-order valence-corrected chi connectivity index (χ3v) is 4.37. The molecule has 28 heavy (non-hydrogen) atoms. The van der Waals surface area contributed by atoms with E-state index in [4.69, 9.17) is 20.4 Å². The zero-order valence-corrected chi connectivity index (χ0v) is 14.8. The minimum atomic E-state index is -2.19. The van der Waals surface area contributed by atoms with Crippen LogP contribution in [0.1, 0.15) is 24.0 Å². The van der Waals surface area contributed by atoms with Gasteiger partial charge in [0.1, 0.15) is 12.6 Å². The molecule has 0 spiro atoms. The van der Waals surface area contributed by atoms with Crippen molar-refractivity contribution in [3.63, 3.8) is 0 Å². The predicted molar refractivity (Wildman–Crippen MR) is 89.9 cm³/mol. The van der Waals surface area contributed by atoms with Crippen molar-refractivity contribution in [1.82, 2.24) is 10.4 Å². The molecule has 2 amide bonds. The van der Waals surface area contributed by atoms with Gasteiger partial charge in [0.15, 0.2) is 0 Å². The Kier molecular flexibility index (Phi) is 5.47. The number of nitrogens with zero attached hydrogens (tertiary/aromatic N) is 1. The van der Waals surface area contributed by atoms with Crippen LogP contribution in [0, 0.1) is 0 Å². The molecule has 1 aromatic carbocycles. The minimum Gasteiger partial charge on any atom is -0.450 e. The first-order valence-corrected chi connectivity index (χ1v) is 8.51. The highest BCUT2D eigenvalue weighted by atomic mass is 16.9. The van der Waals surface area contributed by atoms with Crippen LogP contribution in [-0.2, 0) is 41.7 Å². The van der Waals surface area contributed by atoms with Crippen molar-refractivity contribution in [3.8, 4) is 0 Å². The maximum absolute atomic E-state index is 12.6. The van der Waals surface area contributed by atoms with E-state index in [0.717, 1.165) is 11.1 Å². The van der Waals surface area contributed by atoms with Gasteiger partial charge in [-0.1, -0.05) is 24.3 Å². The Bertz CT molecular complexity index is 813. The normalized spacial score (nSPS) is 24.2. The number of rotatable bonds is 6. The lowest BCUT2D eigenvalue weighted by Crippen LogP contribution is -2.54. The Hall–Kier alpha value is -3.18. The number of ether oxygens (including phenoxy) is 2. The number of nitrogens with two attached hydrogens (primary N) is 1. The highest BCUT2D eigenvalue weighted by Gasteiger charge is 2.57. The zero-order chi connectivity index (χ0) is 20.3. The first-order chi connectivity index (χ1) is 13.3.